The molecule has 3 nitrogen and oxygen atoms in total. The van der Waals surface area contributed by atoms with E-state index in [1.807, 2.05) is 6.92 Å². The number of aryl methyl sites for hydroxylation is 1. The van der Waals surface area contributed by atoms with E-state index >= 15 is 0 Å². The zero-order chi connectivity index (χ0) is 14.0. The van der Waals surface area contributed by atoms with E-state index in [4.69, 9.17) is 0 Å². The lowest BCUT2D eigenvalue weighted by molar-refractivity contribution is 0.283. The van der Waals surface area contributed by atoms with Crippen LogP contribution in [0.4, 0.5) is 0 Å². The van der Waals surface area contributed by atoms with Gasteiger partial charge < -0.3 is 0 Å². The highest BCUT2D eigenvalue weighted by Gasteiger charge is 2.26. The molecule has 1 saturated heterocycles. The molecule has 0 unspecified atom stereocenters. The van der Waals surface area contributed by atoms with Gasteiger partial charge in [-0.25, -0.2) is 8.42 Å². The quantitative estimate of drug-likeness (QED) is 0.835. The lowest BCUT2D eigenvalue weighted by atomic mass is 10.0. The average molecular weight is 281 g/mol. The molecule has 4 heteroatoms. The molecule has 19 heavy (non-hydrogen) atoms. The van der Waals surface area contributed by atoms with E-state index in [0.717, 1.165) is 19.5 Å². The first-order chi connectivity index (χ1) is 8.90. The summed E-state index contributed by atoms with van der Waals surface area (Å²) in [4.78, 5) is 2.27. The molecular formula is C15H23NO2S. The van der Waals surface area contributed by atoms with Gasteiger partial charge >= 0.3 is 0 Å². The maximum atomic E-state index is 11.9. The van der Waals surface area contributed by atoms with E-state index in [1.54, 1.807) is 0 Å². The van der Waals surface area contributed by atoms with Crippen molar-refractivity contribution in [2.75, 3.05) is 18.8 Å². The predicted octanol–water partition coefficient (Wildman–Crippen LogP) is 2.31. The molecule has 0 amide bonds. The van der Waals surface area contributed by atoms with Crippen LogP contribution in [0.3, 0.4) is 0 Å². The SMILES string of the molecule is Cc1cccc(CN2CC[C@@H](C)S(=O)(=O)CC2)c1C. The Balaban J connectivity index is 2.10. The zero-order valence-electron chi connectivity index (χ0n) is 12.0. The van der Waals surface area contributed by atoms with Crippen LogP contribution in [0.2, 0.25) is 0 Å². The van der Waals surface area contributed by atoms with Crippen LogP contribution >= 0.6 is 0 Å². The summed E-state index contributed by atoms with van der Waals surface area (Å²) in [5, 5.41) is -0.198. The van der Waals surface area contributed by atoms with Crippen molar-refractivity contribution in [3.8, 4) is 0 Å². The summed E-state index contributed by atoms with van der Waals surface area (Å²) in [6.07, 6.45) is 0.743. The van der Waals surface area contributed by atoms with E-state index in [2.05, 4.69) is 36.9 Å². The second-order valence-corrected chi connectivity index (χ2v) is 8.14. The molecule has 0 radical (unpaired) electrons. The van der Waals surface area contributed by atoms with E-state index in [1.165, 1.54) is 16.7 Å². The van der Waals surface area contributed by atoms with Crippen LogP contribution in [-0.4, -0.2) is 37.4 Å². The second-order valence-electron chi connectivity index (χ2n) is 5.60. The van der Waals surface area contributed by atoms with Crippen molar-refractivity contribution in [2.24, 2.45) is 0 Å². The predicted molar refractivity (Wildman–Crippen MR) is 79.1 cm³/mol. The number of benzene rings is 1. The average Bonchev–Trinajstić information content (AvgIpc) is 2.48. The highest BCUT2D eigenvalue weighted by molar-refractivity contribution is 7.92. The minimum absolute atomic E-state index is 0.198. The first-order valence-corrected chi connectivity index (χ1v) is 8.60. The fourth-order valence-corrected chi connectivity index (χ4v) is 3.88. The number of hydrogen-bond donors (Lipinski definition) is 0. The van der Waals surface area contributed by atoms with Crippen molar-refractivity contribution in [3.05, 3.63) is 34.9 Å². The zero-order valence-corrected chi connectivity index (χ0v) is 12.8. The van der Waals surface area contributed by atoms with E-state index in [9.17, 15) is 8.42 Å². The fourth-order valence-electron chi connectivity index (χ4n) is 2.50. The van der Waals surface area contributed by atoms with Gasteiger partial charge in [0.15, 0.2) is 9.84 Å². The smallest absolute Gasteiger partial charge is 0.154 e. The summed E-state index contributed by atoms with van der Waals surface area (Å²) >= 11 is 0. The van der Waals surface area contributed by atoms with Gasteiger partial charge in [0.2, 0.25) is 0 Å². The van der Waals surface area contributed by atoms with Crippen molar-refractivity contribution >= 4 is 9.84 Å². The molecule has 1 aliphatic heterocycles. The maximum Gasteiger partial charge on any atom is 0.154 e. The van der Waals surface area contributed by atoms with E-state index in [-0.39, 0.29) is 5.25 Å². The molecule has 2 rings (SSSR count). The Morgan fingerprint density at radius 2 is 2.00 bits per heavy atom. The molecule has 1 atom stereocenters. The maximum absolute atomic E-state index is 11.9. The van der Waals surface area contributed by atoms with Gasteiger partial charge in [0.05, 0.1) is 11.0 Å². The van der Waals surface area contributed by atoms with Crippen molar-refractivity contribution < 1.29 is 8.42 Å². The first-order valence-electron chi connectivity index (χ1n) is 6.89. The van der Waals surface area contributed by atoms with Gasteiger partial charge in [-0.05, 0) is 50.4 Å². The molecule has 106 valence electrons. The standard InChI is InChI=1S/C15H23NO2S/c1-12-5-4-6-15(14(12)3)11-16-8-7-13(2)19(17,18)10-9-16/h4-6,13H,7-11H2,1-3H3/t13-/m1/s1. The second kappa shape index (κ2) is 5.63. The number of sulfone groups is 1. The molecule has 1 aromatic rings. The number of nitrogens with zero attached hydrogens (tertiary/aromatic N) is 1. The molecular weight excluding hydrogens is 258 g/mol. The summed E-state index contributed by atoms with van der Waals surface area (Å²) in [5.74, 6) is 0.291. The molecule has 0 N–H and O–H groups in total. The highest BCUT2D eigenvalue weighted by Crippen LogP contribution is 2.18. The summed E-state index contributed by atoms with van der Waals surface area (Å²) in [6, 6.07) is 6.34. The summed E-state index contributed by atoms with van der Waals surface area (Å²) in [5.41, 5.74) is 3.93. The Bertz CT molecular complexity index is 551. The lowest BCUT2D eigenvalue weighted by Crippen LogP contribution is -2.27. The van der Waals surface area contributed by atoms with Crippen molar-refractivity contribution in [1.82, 2.24) is 4.90 Å². The Morgan fingerprint density at radius 1 is 1.26 bits per heavy atom. The molecule has 1 heterocycles. The molecule has 0 aromatic heterocycles. The summed E-state index contributed by atoms with van der Waals surface area (Å²) < 4.78 is 23.8. The van der Waals surface area contributed by atoms with Crippen LogP contribution in [0.15, 0.2) is 18.2 Å². The lowest BCUT2D eigenvalue weighted by Gasteiger charge is -2.21. The third kappa shape index (κ3) is 3.37. The molecule has 0 aliphatic carbocycles. The Hall–Kier alpha value is -0.870. The largest absolute Gasteiger partial charge is 0.298 e. The minimum atomic E-state index is -2.88. The topological polar surface area (TPSA) is 37.4 Å². The van der Waals surface area contributed by atoms with Crippen molar-refractivity contribution in [1.29, 1.82) is 0 Å². The fraction of sp³-hybridized carbons (Fsp3) is 0.600. The third-order valence-electron chi connectivity index (χ3n) is 4.27. The summed E-state index contributed by atoms with van der Waals surface area (Å²) in [7, 11) is -2.88. The highest BCUT2D eigenvalue weighted by atomic mass is 32.2. The van der Waals surface area contributed by atoms with Crippen molar-refractivity contribution in [3.63, 3.8) is 0 Å². The Kier molecular flexibility index (Phi) is 4.31. The van der Waals surface area contributed by atoms with Crippen LogP contribution < -0.4 is 0 Å². The number of rotatable bonds is 2. The van der Waals surface area contributed by atoms with Gasteiger partial charge in [0, 0.05) is 13.1 Å². The molecule has 0 bridgehead atoms. The van der Waals surface area contributed by atoms with Gasteiger partial charge in [0.1, 0.15) is 0 Å². The molecule has 1 aliphatic rings. The van der Waals surface area contributed by atoms with Gasteiger partial charge in [-0.15, -0.1) is 0 Å². The molecule has 1 fully saturated rings. The molecule has 0 spiro atoms. The first kappa shape index (κ1) is 14.5. The molecule has 0 saturated carbocycles. The van der Waals surface area contributed by atoms with Gasteiger partial charge in [-0.1, -0.05) is 18.2 Å². The Morgan fingerprint density at radius 3 is 2.74 bits per heavy atom. The van der Waals surface area contributed by atoms with E-state index < -0.39 is 9.84 Å². The van der Waals surface area contributed by atoms with Crippen LogP contribution in [0.5, 0.6) is 0 Å². The van der Waals surface area contributed by atoms with Gasteiger partial charge in [0.25, 0.3) is 0 Å². The van der Waals surface area contributed by atoms with E-state index in [0.29, 0.717) is 12.3 Å². The van der Waals surface area contributed by atoms with Crippen LogP contribution in [-0.2, 0) is 16.4 Å². The number of hydrogen-bond acceptors (Lipinski definition) is 3. The monoisotopic (exact) mass is 281 g/mol. The minimum Gasteiger partial charge on any atom is -0.298 e. The normalized spacial score (nSPS) is 24.1. The van der Waals surface area contributed by atoms with Crippen LogP contribution in [0.1, 0.15) is 30.0 Å². The van der Waals surface area contributed by atoms with Gasteiger partial charge in [-0.2, -0.15) is 0 Å². The van der Waals surface area contributed by atoms with Crippen LogP contribution in [0, 0.1) is 13.8 Å². The summed E-state index contributed by atoms with van der Waals surface area (Å²) in [6.45, 7) is 8.47. The van der Waals surface area contributed by atoms with Gasteiger partial charge in [-0.3, -0.25) is 4.90 Å². The van der Waals surface area contributed by atoms with Crippen molar-refractivity contribution in [2.45, 2.75) is 39.0 Å². The third-order valence-corrected chi connectivity index (χ3v) is 6.48. The van der Waals surface area contributed by atoms with Crippen LogP contribution in [0.25, 0.3) is 0 Å². The molecule has 1 aromatic carbocycles. The Labute approximate surface area is 116 Å².